The second-order valence-corrected chi connectivity index (χ2v) is 10.2. The van der Waals surface area contributed by atoms with Crippen molar-refractivity contribution in [3.05, 3.63) is 77.6 Å². The lowest BCUT2D eigenvalue weighted by atomic mass is 9.69. The number of para-hydroxylation sites is 1. The van der Waals surface area contributed by atoms with Crippen LogP contribution in [0.5, 0.6) is 5.75 Å². The van der Waals surface area contributed by atoms with Crippen molar-refractivity contribution < 1.29 is 4.74 Å². The fraction of sp³-hybridized carbons (Fsp3) is 0.400. The summed E-state index contributed by atoms with van der Waals surface area (Å²) in [6, 6.07) is 19.8. The topological polar surface area (TPSA) is 38.2 Å². The molecule has 5 heterocycles. The Labute approximate surface area is 202 Å². The molecule has 0 spiro atoms. The monoisotopic (exact) mass is 451 g/mol. The van der Waals surface area contributed by atoms with Gasteiger partial charge in [0.15, 0.2) is 0 Å². The number of pyridine rings is 2. The highest BCUT2D eigenvalue weighted by Crippen LogP contribution is 2.46. The van der Waals surface area contributed by atoms with Crippen LogP contribution in [-0.2, 0) is 0 Å². The molecular weight excluding hydrogens is 418 g/mol. The van der Waals surface area contributed by atoms with E-state index in [0.29, 0.717) is 6.04 Å². The molecule has 174 valence electrons. The molecule has 0 saturated carbocycles. The Morgan fingerprint density at radius 3 is 2.74 bits per heavy atom. The lowest BCUT2D eigenvalue weighted by Gasteiger charge is -2.52. The van der Waals surface area contributed by atoms with Crippen LogP contribution in [0.1, 0.15) is 48.9 Å². The van der Waals surface area contributed by atoms with Crippen LogP contribution in [0.4, 0.5) is 0 Å². The summed E-state index contributed by atoms with van der Waals surface area (Å²) in [4.78, 5) is 12.7. The van der Waals surface area contributed by atoms with Gasteiger partial charge in [0.2, 0.25) is 0 Å². The van der Waals surface area contributed by atoms with E-state index < -0.39 is 0 Å². The summed E-state index contributed by atoms with van der Waals surface area (Å²) in [5.74, 6) is 2.71. The summed E-state index contributed by atoms with van der Waals surface area (Å²) in [6.45, 7) is 6.98. The Bertz CT molecular complexity index is 1350. The number of benzene rings is 2. The van der Waals surface area contributed by atoms with Gasteiger partial charge >= 0.3 is 0 Å². The maximum atomic E-state index is 5.61. The van der Waals surface area contributed by atoms with Crippen LogP contribution < -0.4 is 4.74 Å². The number of fused-ring (bicyclic) bond motifs is 5. The minimum atomic E-state index is 0.196. The van der Waals surface area contributed by atoms with E-state index in [1.165, 1.54) is 59.9 Å². The molecule has 34 heavy (non-hydrogen) atoms. The van der Waals surface area contributed by atoms with Crippen molar-refractivity contribution in [3.63, 3.8) is 0 Å². The van der Waals surface area contributed by atoms with Crippen molar-refractivity contribution in [2.75, 3.05) is 20.2 Å². The first kappa shape index (κ1) is 21.5. The van der Waals surface area contributed by atoms with Crippen molar-refractivity contribution in [1.29, 1.82) is 0 Å². The van der Waals surface area contributed by atoms with Crippen LogP contribution in [0.3, 0.4) is 0 Å². The number of aryl methyl sites for hydroxylation is 1. The number of hydrogen-bond donors (Lipinski definition) is 0. The van der Waals surface area contributed by atoms with Crippen LogP contribution in [0.25, 0.3) is 21.8 Å². The molecule has 2 aromatic carbocycles. The SMILES string of the molecule is CC[C@H]1CN2CC[C@H]1C[C@@H]2[C@@H](c1cc(C)c2ccccc2n1)c1ccnc2ccc(OC)cc12. The highest BCUT2D eigenvalue weighted by molar-refractivity contribution is 5.85. The molecule has 4 nitrogen and oxygen atoms in total. The van der Waals surface area contributed by atoms with E-state index in [1.807, 2.05) is 12.3 Å². The Morgan fingerprint density at radius 1 is 1.06 bits per heavy atom. The van der Waals surface area contributed by atoms with Gasteiger partial charge in [0.05, 0.1) is 23.8 Å². The van der Waals surface area contributed by atoms with Crippen molar-refractivity contribution in [3.8, 4) is 5.75 Å². The second kappa shape index (κ2) is 8.66. The van der Waals surface area contributed by atoms with Gasteiger partial charge in [0, 0.05) is 35.5 Å². The van der Waals surface area contributed by atoms with E-state index in [1.54, 1.807) is 7.11 Å². The van der Waals surface area contributed by atoms with Crippen LogP contribution in [0.2, 0.25) is 0 Å². The zero-order valence-corrected chi connectivity index (χ0v) is 20.4. The van der Waals surface area contributed by atoms with Gasteiger partial charge in [-0.3, -0.25) is 14.9 Å². The van der Waals surface area contributed by atoms with Crippen molar-refractivity contribution in [1.82, 2.24) is 14.9 Å². The van der Waals surface area contributed by atoms with Gasteiger partial charge in [0.25, 0.3) is 0 Å². The highest BCUT2D eigenvalue weighted by atomic mass is 16.5. The molecule has 0 amide bonds. The largest absolute Gasteiger partial charge is 0.497 e. The molecule has 2 bridgehead atoms. The van der Waals surface area contributed by atoms with E-state index >= 15 is 0 Å². The van der Waals surface area contributed by atoms with Crippen molar-refractivity contribution in [2.45, 2.75) is 45.1 Å². The summed E-state index contributed by atoms with van der Waals surface area (Å²) < 4.78 is 5.61. The molecule has 0 N–H and O–H groups in total. The van der Waals surface area contributed by atoms with E-state index in [-0.39, 0.29) is 5.92 Å². The minimum absolute atomic E-state index is 0.196. The number of piperidine rings is 3. The Hall–Kier alpha value is -2.98. The standard InChI is InChI=1S/C30H33N3O/c1-4-20-18-33-14-12-21(20)16-29(33)30(28-15-19(2)23-7-5-6-8-27(23)32-28)24-11-13-31-26-10-9-22(34-3)17-25(24)26/h5-11,13,15,17,20-21,29-30H,4,12,14,16,18H2,1-3H3/t20-,21-,29+,30+/m0/s1. The average Bonchev–Trinajstić information content (AvgIpc) is 2.89. The van der Waals surface area contributed by atoms with Crippen LogP contribution in [-0.4, -0.2) is 41.1 Å². The third-order valence-electron chi connectivity index (χ3n) is 8.42. The maximum absolute atomic E-state index is 5.61. The van der Waals surface area contributed by atoms with Gasteiger partial charge in [0.1, 0.15) is 5.75 Å². The summed E-state index contributed by atoms with van der Waals surface area (Å²) in [6.07, 6.45) is 5.82. The first-order valence-corrected chi connectivity index (χ1v) is 12.7. The lowest BCUT2D eigenvalue weighted by molar-refractivity contribution is -0.00679. The molecule has 7 rings (SSSR count). The molecule has 3 fully saturated rings. The number of methoxy groups -OCH3 is 1. The molecule has 3 aliphatic heterocycles. The molecule has 3 aliphatic rings. The molecule has 4 aromatic rings. The average molecular weight is 452 g/mol. The van der Waals surface area contributed by atoms with Gasteiger partial charge in [-0.05, 0) is 85.7 Å². The predicted molar refractivity (Wildman–Crippen MR) is 138 cm³/mol. The summed E-state index contributed by atoms with van der Waals surface area (Å²) in [7, 11) is 1.74. The zero-order valence-electron chi connectivity index (χ0n) is 20.4. The molecule has 0 radical (unpaired) electrons. The summed E-state index contributed by atoms with van der Waals surface area (Å²) >= 11 is 0. The number of ether oxygens (including phenoxy) is 1. The number of hydrogen-bond acceptors (Lipinski definition) is 4. The molecule has 5 atom stereocenters. The number of aromatic nitrogens is 2. The van der Waals surface area contributed by atoms with Gasteiger partial charge in [-0.15, -0.1) is 0 Å². The maximum Gasteiger partial charge on any atom is 0.119 e. The predicted octanol–water partition coefficient (Wildman–Crippen LogP) is 6.35. The van der Waals surface area contributed by atoms with E-state index in [4.69, 9.17) is 9.72 Å². The van der Waals surface area contributed by atoms with Gasteiger partial charge < -0.3 is 4.74 Å². The van der Waals surface area contributed by atoms with Gasteiger partial charge in [-0.2, -0.15) is 0 Å². The highest BCUT2D eigenvalue weighted by Gasteiger charge is 2.44. The van der Waals surface area contributed by atoms with Crippen LogP contribution in [0, 0.1) is 18.8 Å². The van der Waals surface area contributed by atoms with Gasteiger partial charge in [-0.1, -0.05) is 31.5 Å². The second-order valence-electron chi connectivity index (χ2n) is 10.2. The first-order chi connectivity index (χ1) is 16.7. The fourth-order valence-electron chi connectivity index (χ4n) is 6.63. The van der Waals surface area contributed by atoms with Crippen LogP contribution in [0.15, 0.2) is 60.8 Å². The molecular formula is C30H33N3O. The van der Waals surface area contributed by atoms with Crippen molar-refractivity contribution >= 4 is 21.8 Å². The Balaban J connectivity index is 1.56. The Morgan fingerprint density at radius 2 is 1.94 bits per heavy atom. The Kier molecular flexibility index (Phi) is 5.49. The fourth-order valence-corrected chi connectivity index (χ4v) is 6.63. The molecule has 3 saturated heterocycles. The first-order valence-electron chi connectivity index (χ1n) is 12.7. The smallest absolute Gasteiger partial charge is 0.119 e. The third-order valence-corrected chi connectivity index (χ3v) is 8.42. The molecule has 0 aliphatic carbocycles. The van der Waals surface area contributed by atoms with Crippen molar-refractivity contribution in [2.24, 2.45) is 11.8 Å². The lowest BCUT2D eigenvalue weighted by Crippen LogP contribution is -2.55. The van der Waals surface area contributed by atoms with E-state index in [0.717, 1.165) is 28.6 Å². The minimum Gasteiger partial charge on any atom is -0.497 e. The number of rotatable bonds is 5. The van der Waals surface area contributed by atoms with Crippen LogP contribution >= 0.6 is 0 Å². The normalized spacial score (nSPS) is 25.0. The quantitative estimate of drug-likeness (QED) is 0.354. The molecule has 4 heteroatoms. The summed E-state index contributed by atoms with van der Waals surface area (Å²) in [5.41, 5.74) is 5.89. The summed E-state index contributed by atoms with van der Waals surface area (Å²) in [5, 5.41) is 2.41. The van der Waals surface area contributed by atoms with Gasteiger partial charge in [-0.25, -0.2) is 0 Å². The number of nitrogens with zero attached hydrogens (tertiary/aromatic N) is 3. The van der Waals surface area contributed by atoms with E-state index in [2.05, 4.69) is 72.3 Å². The third kappa shape index (κ3) is 3.56. The molecule has 2 aromatic heterocycles. The van der Waals surface area contributed by atoms with E-state index in [9.17, 15) is 0 Å². The molecule has 1 unspecified atom stereocenters. The zero-order chi connectivity index (χ0) is 23.2.